The van der Waals surface area contributed by atoms with Gasteiger partial charge in [0.2, 0.25) is 0 Å². The third kappa shape index (κ3) is 5.50. The molecule has 0 radical (unpaired) electrons. The zero-order chi connectivity index (χ0) is 6.41. The highest BCUT2D eigenvalue weighted by molar-refractivity contribution is 4.80. The summed E-state index contributed by atoms with van der Waals surface area (Å²) < 4.78 is 0. The summed E-state index contributed by atoms with van der Waals surface area (Å²) in [6.07, 6.45) is 4.09. The van der Waals surface area contributed by atoms with Crippen LogP contribution in [0.2, 0.25) is 0 Å². The second-order valence-electron chi connectivity index (χ2n) is 1.91. The Labute approximate surface area is 51.2 Å². The summed E-state index contributed by atoms with van der Waals surface area (Å²) in [4.78, 5) is 2.01. The first-order valence-corrected chi connectivity index (χ1v) is 2.75. The number of rotatable bonds is 3. The molecule has 8 heavy (non-hydrogen) atoms. The van der Waals surface area contributed by atoms with Crippen LogP contribution in [0.1, 0.15) is 0 Å². The number of likely N-dealkylation sites (N-methyl/N-ethyl adjacent to an activating group) is 1. The van der Waals surface area contributed by atoms with Crippen LogP contribution in [-0.4, -0.2) is 32.6 Å². The molecule has 0 aromatic carbocycles. The van der Waals surface area contributed by atoms with Crippen molar-refractivity contribution >= 4 is 0 Å². The molecule has 2 heteroatoms. The van der Waals surface area contributed by atoms with Crippen molar-refractivity contribution in [2.24, 2.45) is 0 Å². The molecule has 0 aliphatic rings. The lowest BCUT2D eigenvalue weighted by atomic mass is 10.6. The Balaban J connectivity index is 3.07. The van der Waals surface area contributed by atoms with Crippen LogP contribution in [0.3, 0.4) is 0 Å². The molecular weight excluding hydrogens is 100 g/mol. The molecule has 0 spiro atoms. The van der Waals surface area contributed by atoms with E-state index in [9.17, 15) is 0 Å². The molecule has 0 aromatic heterocycles. The molecule has 0 aromatic rings. The van der Waals surface area contributed by atoms with Gasteiger partial charge in [-0.3, -0.25) is 0 Å². The topological polar surface area (TPSA) is 15.3 Å². The summed E-state index contributed by atoms with van der Waals surface area (Å²) in [5.41, 5.74) is 0. The third-order valence-electron chi connectivity index (χ3n) is 0.726. The maximum absolute atomic E-state index is 3.01. The lowest BCUT2D eigenvalue weighted by Crippen LogP contribution is -2.07. The van der Waals surface area contributed by atoms with E-state index < -0.39 is 0 Å². The standard InChI is InChI=1S/C6H14N2/c1-7-5-4-6-8(2)3/h4,6-7H,5H2,1-3H3/b6-4+. The van der Waals surface area contributed by atoms with Crippen LogP contribution >= 0.6 is 0 Å². The smallest absolute Gasteiger partial charge is 0.0149 e. The molecule has 0 atom stereocenters. The van der Waals surface area contributed by atoms with Gasteiger partial charge in [0.15, 0.2) is 0 Å². The van der Waals surface area contributed by atoms with Crippen molar-refractivity contribution in [1.82, 2.24) is 10.2 Å². The Bertz CT molecular complexity index is 66.9. The number of hydrogen-bond acceptors (Lipinski definition) is 2. The van der Waals surface area contributed by atoms with Gasteiger partial charge in [-0.2, -0.15) is 0 Å². The molecular formula is C6H14N2. The summed E-state index contributed by atoms with van der Waals surface area (Å²) in [6, 6.07) is 0. The quantitative estimate of drug-likeness (QED) is 0.567. The minimum absolute atomic E-state index is 0.943. The van der Waals surface area contributed by atoms with Crippen LogP contribution < -0.4 is 5.32 Å². The van der Waals surface area contributed by atoms with E-state index in [1.165, 1.54) is 0 Å². The summed E-state index contributed by atoms with van der Waals surface area (Å²) in [7, 11) is 5.94. The maximum atomic E-state index is 3.01. The second-order valence-corrected chi connectivity index (χ2v) is 1.91. The van der Waals surface area contributed by atoms with Crippen molar-refractivity contribution in [3.8, 4) is 0 Å². The molecule has 0 aliphatic carbocycles. The molecule has 0 saturated carbocycles. The van der Waals surface area contributed by atoms with E-state index in [1.54, 1.807) is 0 Å². The van der Waals surface area contributed by atoms with Crippen LogP contribution in [0.4, 0.5) is 0 Å². The Morgan fingerprint density at radius 2 is 2.12 bits per heavy atom. The SMILES string of the molecule is CNC/C=C/N(C)C. The fourth-order valence-electron chi connectivity index (χ4n) is 0.381. The van der Waals surface area contributed by atoms with Crippen LogP contribution in [0, 0.1) is 0 Å². The molecule has 1 N–H and O–H groups in total. The molecule has 0 unspecified atom stereocenters. The molecule has 2 nitrogen and oxygen atoms in total. The fourth-order valence-corrected chi connectivity index (χ4v) is 0.381. The van der Waals surface area contributed by atoms with Gasteiger partial charge in [0.25, 0.3) is 0 Å². The van der Waals surface area contributed by atoms with E-state index in [2.05, 4.69) is 11.4 Å². The van der Waals surface area contributed by atoms with E-state index in [0.717, 1.165) is 6.54 Å². The van der Waals surface area contributed by atoms with Gasteiger partial charge < -0.3 is 10.2 Å². The average molecular weight is 114 g/mol. The molecule has 0 fully saturated rings. The predicted octanol–water partition coefficient (Wildman–Crippen LogP) is 0.281. The summed E-state index contributed by atoms with van der Waals surface area (Å²) >= 11 is 0. The summed E-state index contributed by atoms with van der Waals surface area (Å²) in [5.74, 6) is 0. The second kappa shape index (κ2) is 4.65. The summed E-state index contributed by atoms with van der Waals surface area (Å²) in [6.45, 7) is 0.943. The molecule has 0 rings (SSSR count). The van der Waals surface area contributed by atoms with E-state index in [-0.39, 0.29) is 0 Å². The zero-order valence-corrected chi connectivity index (χ0v) is 5.81. The predicted molar refractivity (Wildman–Crippen MR) is 36.8 cm³/mol. The lowest BCUT2D eigenvalue weighted by molar-refractivity contribution is 0.561. The molecule has 0 aliphatic heterocycles. The van der Waals surface area contributed by atoms with Crippen molar-refractivity contribution < 1.29 is 0 Å². The van der Waals surface area contributed by atoms with Crippen LogP contribution in [-0.2, 0) is 0 Å². The molecule has 0 amide bonds. The first kappa shape index (κ1) is 7.50. The third-order valence-corrected chi connectivity index (χ3v) is 0.726. The minimum atomic E-state index is 0.943. The van der Waals surface area contributed by atoms with Crippen LogP contribution in [0.25, 0.3) is 0 Å². The Kier molecular flexibility index (Phi) is 4.36. The van der Waals surface area contributed by atoms with Gasteiger partial charge in [-0.1, -0.05) is 6.08 Å². The Morgan fingerprint density at radius 1 is 1.50 bits per heavy atom. The van der Waals surface area contributed by atoms with Crippen molar-refractivity contribution in [2.75, 3.05) is 27.7 Å². The van der Waals surface area contributed by atoms with E-state index in [0.29, 0.717) is 0 Å². The normalized spacial score (nSPS) is 10.4. The first-order chi connectivity index (χ1) is 3.77. The molecule has 0 bridgehead atoms. The minimum Gasteiger partial charge on any atom is -0.384 e. The molecule has 0 saturated heterocycles. The van der Waals surface area contributed by atoms with Crippen molar-refractivity contribution in [3.63, 3.8) is 0 Å². The van der Waals surface area contributed by atoms with Crippen molar-refractivity contribution in [3.05, 3.63) is 12.3 Å². The number of nitrogens with zero attached hydrogens (tertiary/aromatic N) is 1. The first-order valence-electron chi connectivity index (χ1n) is 2.75. The highest BCUT2D eigenvalue weighted by atomic mass is 15.0. The fraction of sp³-hybridized carbons (Fsp3) is 0.667. The van der Waals surface area contributed by atoms with E-state index in [4.69, 9.17) is 0 Å². The Hall–Kier alpha value is -0.500. The van der Waals surface area contributed by atoms with Gasteiger partial charge in [-0.25, -0.2) is 0 Å². The largest absolute Gasteiger partial charge is 0.384 e. The van der Waals surface area contributed by atoms with Gasteiger partial charge >= 0.3 is 0 Å². The van der Waals surface area contributed by atoms with Crippen molar-refractivity contribution in [1.29, 1.82) is 0 Å². The average Bonchev–Trinajstić information content (AvgIpc) is 1.66. The number of nitrogens with one attached hydrogen (secondary N) is 1. The van der Waals surface area contributed by atoms with E-state index in [1.807, 2.05) is 32.2 Å². The van der Waals surface area contributed by atoms with Gasteiger partial charge in [0.05, 0.1) is 0 Å². The maximum Gasteiger partial charge on any atom is 0.0149 e. The number of hydrogen-bond donors (Lipinski definition) is 1. The van der Waals surface area contributed by atoms with Crippen LogP contribution in [0.5, 0.6) is 0 Å². The molecule has 48 valence electrons. The Morgan fingerprint density at radius 3 is 2.50 bits per heavy atom. The van der Waals surface area contributed by atoms with E-state index >= 15 is 0 Å². The highest BCUT2D eigenvalue weighted by Gasteiger charge is 1.72. The van der Waals surface area contributed by atoms with Gasteiger partial charge in [0.1, 0.15) is 0 Å². The molecule has 0 heterocycles. The van der Waals surface area contributed by atoms with Gasteiger partial charge in [0, 0.05) is 20.6 Å². The highest BCUT2D eigenvalue weighted by Crippen LogP contribution is 1.73. The zero-order valence-electron chi connectivity index (χ0n) is 5.81. The van der Waals surface area contributed by atoms with Crippen LogP contribution in [0.15, 0.2) is 12.3 Å². The lowest BCUT2D eigenvalue weighted by Gasteiger charge is -2.01. The van der Waals surface area contributed by atoms with Gasteiger partial charge in [-0.15, -0.1) is 0 Å². The van der Waals surface area contributed by atoms with Crippen molar-refractivity contribution in [2.45, 2.75) is 0 Å². The van der Waals surface area contributed by atoms with Gasteiger partial charge in [-0.05, 0) is 13.2 Å². The monoisotopic (exact) mass is 114 g/mol. The summed E-state index contributed by atoms with van der Waals surface area (Å²) in [5, 5.41) is 3.01.